The molecule has 7 heteroatoms. The molecule has 2 N–H and O–H groups in total. The Hall–Kier alpha value is -2.23. The van der Waals surface area contributed by atoms with E-state index >= 15 is 0 Å². The molecule has 1 fully saturated rings. The van der Waals surface area contributed by atoms with E-state index < -0.39 is 5.91 Å². The fraction of sp³-hybridized carbons (Fsp3) is 0.444. The molecule has 0 aliphatic carbocycles. The number of piperidine rings is 1. The Bertz CT molecular complexity index is 683. The number of carbonyl (C=O) groups is 1. The molecule has 1 saturated heterocycles. The van der Waals surface area contributed by atoms with Crippen molar-refractivity contribution in [2.24, 2.45) is 0 Å². The van der Waals surface area contributed by atoms with Crippen LogP contribution < -0.4 is 10.1 Å². The second-order valence-corrected chi connectivity index (χ2v) is 6.26. The number of halogens is 1. The Labute approximate surface area is 152 Å². The van der Waals surface area contributed by atoms with Crippen LogP contribution in [0.5, 0.6) is 5.75 Å². The quantitative estimate of drug-likeness (QED) is 0.599. The number of ether oxygens (including phenoxy) is 1. The number of carbonyl (C=O) groups excluding carboxylic acids is 1. The van der Waals surface area contributed by atoms with Crippen molar-refractivity contribution >= 4 is 23.2 Å². The molecular formula is C18H22ClN3O3. The van der Waals surface area contributed by atoms with Gasteiger partial charge in [0.15, 0.2) is 0 Å². The topological polar surface area (TPSA) is 85.6 Å². The Morgan fingerprint density at radius 2 is 2.36 bits per heavy atom. The molecule has 1 amide bonds. The first kappa shape index (κ1) is 19.1. The predicted octanol–water partition coefficient (Wildman–Crippen LogP) is 2.93. The lowest BCUT2D eigenvalue weighted by atomic mass is 10.00. The second-order valence-electron chi connectivity index (χ2n) is 5.86. The van der Waals surface area contributed by atoms with Gasteiger partial charge in [0, 0.05) is 31.1 Å². The van der Waals surface area contributed by atoms with Crippen LogP contribution in [0.1, 0.15) is 25.7 Å². The highest BCUT2D eigenvalue weighted by Crippen LogP contribution is 2.27. The SMILES string of the molecule is COc1ccc(NC(=O)/C(C#N)=C\N2CCCCC2CCO)cc1Cl. The van der Waals surface area contributed by atoms with Crippen molar-refractivity contribution < 1.29 is 14.6 Å². The van der Waals surface area contributed by atoms with Crippen molar-refractivity contribution in [1.29, 1.82) is 5.26 Å². The average molecular weight is 364 g/mol. The van der Waals surface area contributed by atoms with Crippen molar-refractivity contribution in [2.45, 2.75) is 31.7 Å². The number of nitrogens with zero attached hydrogens (tertiary/aromatic N) is 2. The van der Waals surface area contributed by atoms with Gasteiger partial charge in [-0.05, 0) is 43.9 Å². The van der Waals surface area contributed by atoms with E-state index in [2.05, 4.69) is 5.32 Å². The number of amides is 1. The van der Waals surface area contributed by atoms with Gasteiger partial charge in [-0.3, -0.25) is 4.79 Å². The molecule has 0 bridgehead atoms. The molecular weight excluding hydrogens is 342 g/mol. The van der Waals surface area contributed by atoms with Gasteiger partial charge in [0.25, 0.3) is 5.91 Å². The summed E-state index contributed by atoms with van der Waals surface area (Å²) in [5.41, 5.74) is 0.513. The number of hydrogen-bond donors (Lipinski definition) is 2. The van der Waals surface area contributed by atoms with Gasteiger partial charge in [0.05, 0.1) is 12.1 Å². The molecule has 0 spiro atoms. The molecule has 25 heavy (non-hydrogen) atoms. The minimum Gasteiger partial charge on any atom is -0.495 e. The predicted molar refractivity (Wildman–Crippen MR) is 96.4 cm³/mol. The molecule has 6 nitrogen and oxygen atoms in total. The molecule has 1 atom stereocenters. The van der Waals surface area contributed by atoms with Crippen LogP contribution in [0.2, 0.25) is 5.02 Å². The lowest BCUT2D eigenvalue weighted by Crippen LogP contribution is -2.37. The van der Waals surface area contributed by atoms with Gasteiger partial charge < -0.3 is 20.1 Å². The first-order valence-corrected chi connectivity index (χ1v) is 8.60. The number of benzene rings is 1. The van der Waals surface area contributed by atoms with Crippen molar-refractivity contribution in [3.63, 3.8) is 0 Å². The molecule has 134 valence electrons. The molecule has 0 aromatic heterocycles. The summed E-state index contributed by atoms with van der Waals surface area (Å²) >= 11 is 6.05. The smallest absolute Gasteiger partial charge is 0.267 e. The normalized spacial score (nSPS) is 17.8. The molecule has 2 rings (SSSR count). The number of likely N-dealkylation sites (tertiary alicyclic amines) is 1. The first-order valence-electron chi connectivity index (χ1n) is 8.22. The molecule has 0 saturated carbocycles. The first-order chi connectivity index (χ1) is 12.1. The number of nitriles is 1. The maximum Gasteiger partial charge on any atom is 0.267 e. The summed E-state index contributed by atoms with van der Waals surface area (Å²) in [6.45, 7) is 0.866. The number of rotatable bonds is 6. The molecule has 1 aliphatic heterocycles. The highest BCUT2D eigenvalue weighted by molar-refractivity contribution is 6.32. The van der Waals surface area contributed by atoms with Crippen LogP contribution in [-0.2, 0) is 4.79 Å². The third-order valence-electron chi connectivity index (χ3n) is 4.20. The number of anilines is 1. The minimum absolute atomic E-state index is 0.0248. The van der Waals surface area contributed by atoms with Gasteiger partial charge in [-0.1, -0.05) is 11.6 Å². The summed E-state index contributed by atoms with van der Waals surface area (Å²) in [4.78, 5) is 14.4. The number of aliphatic hydroxyl groups is 1. The summed E-state index contributed by atoms with van der Waals surface area (Å²) in [6.07, 6.45) is 5.27. The van der Waals surface area contributed by atoms with Crippen molar-refractivity contribution in [1.82, 2.24) is 4.90 Å². The van der Waals surface area contributed by atoms with Crippen LogP contribution >= 0.6 is 11.6 Å². The summed E-state index contributed by atoms with van der Waals surface area (Å²) in [5, 5.41) is 21.6. The van der Waals surface area contributed by atoms with E-state index in [1.54, 1.807) is 24.4 Å². The van der Waals surface area contributed by atoms with Crippen LogP contribution in [0.15, 0.2) is 30.0 Å². The van der Waals surface area contributed by atoms with Gasteiger partial charge in [0.2, 0.25) is 0 Å². The fourth-order valence-corrected chi connectivity index (χ4v) is 3.16. The molecule has 0 radical (unpaired) electrons. The van der Waals surface area contributed by atoms with E-state index in [1.807, 2.05) is 11.0 Å². The van der Waals surface area contributed by atoms with Crippen LogP contribution in [0.3, 0.4) is 0 Å². The molecule has 1 aliphatic rings. The Balaban J connectivity index is 2.12. The van der Waals surface area contributed by atoms with E-state index in [-0.39, 0.29) is 18.2 Å². The van der Waals surface area contributed by atoms with Crippen LogP contribution in [0, 0.1) is 11.3 Å². The molecule has 1 aromatic rings. The van der Waals surface area contributed by atoms with Gasteiger partial charge in [-0.15, -0.1) is 0 Å². The zero-order valence-electron chi connectivity index (χ0n) is 14.2. The van der Waals surface area contributed by atoms with Crippen molar-refractivity contribution in [3.8, 4) is 11.8 Å². The zero-order valence-corrected chi connectivity index (χ0v) is 14.9. The molecule has 1 unspecified atom stereocenters. The van der Waals surface area contributed by atoms with E-state index in [0.29, 0.717) is 22.9 Å². The van der Waals surface area contributed by atoms with Gasteiger partial charge in [-0.2, -0.15) is 5.26 Å². The number of nitrogens with one attached hydrogen (secondary N) is 1. The van der Waals surface area contributed by atoms with Crippen LogP contribution in [0.4, 0.5) is 5.69 Å². The Morgan fingerprint density at radius 3 is 3.00 bits per heavy atom. The highest BCUT2D eigenvalue weighted by atomic mass is 35.5. The average Bonchev–Trinajstić information content (AvgIpc) is 2.61. The van der Waals surface area contributed by atoms with Crippen LogP contribution in [0.25, 0.3) is 0 Å². The number of aliphatic hydroxyl groups excluding tert-OH is 1. The number of hydrogen-bond acceptors (Lipinski definition) is 5. The second kappa shape index (κ2) is 9.30. The molecule has 1 aromatic carbocycles. The monoisotopic (exact) mass is 363 g/mol. The maximum atomic E-state index is 12.4. The number of methoxy groups -OCH3 is 1. The third-order valence-corrected chi connectivity index (χ3v) is 4.50. The minimum atomic E-state index is -0.489. The summed E-state index contributed by atoms with van der Waals surface area (Å²) in [7, 11) is 1.51. The summed E-state index contributed by atoms with van der Waals surface area (Å²) in [6, 6.07) is 6.99. The standard InChI is InChI=1S/C18H22ClN3O3/c1-25-17-6-5-14(10-16(17)19)21-18(24)13(11-20)12-22-8-3-2-4-15(22)7-9-23/h5-6,10,12,15,23H,2-4,7-9H2,1H3,(H,21,24)/b13-12-. The van der Waals surface area contributed by atoms with E-state index in [9.17, 15) is 15.2 Å². The maximum absolute atomic E-state index is 12.4. The Kier molecular flexibility index (Phi) is 7.11. The van der Waals surface area contributed by atoms with E-state index in [1.165, 1.54) is 7.11 Å². The zero-order chi connectivity index (χ0) is 18.2. The lowest BCUT2D eigenvalue weighted by molar-refractivity contribution is -0.112. The Morgan fingerprint density at radius 1 is 1.56 bits per heavy atom. The lowest BCUT2D eigenvalue weighted by Gasteiger charge is -2.34. The van der Waals surface area contributed by atoms with Gasteiger partial charge >= 0.3 is 0 Å². The molecule has 1 heterocycles. The fourth-order valence-electron chi connectivity index (χ4n) is 2.90. The van der Waals surface area contributed by atoms with Crippen molar-refractivity contribution in [2.75, 3.05) is 25.6 Å². The largest absolute Gasteiger partial charge is 0.495 e. The third kappa shape index (κ3) is 5.12. The van der Waals surface area contributed by atoms with Crippen LogP contribution in [-0.4, -0.2) is 42.2 Å². The highest BCUT2D eigenvalue weighted by Gasteiger charge is 2.21. The van der Waals surface area contributed by atoms with Crippen molar-refractivity contribution in [3.05, 3.63) is 35.0 Å². The van der Waals surface area contributed by atoms with Gasteiger partial charge in [-0.25, -0.2) is 0 Å². The summed E-state index contributed by atoms with van der Waals surface area (Å²) in [5.74, 6) is 0.0212. The summed E-state index contributed by atoms with van der Waals surface area (Å²) < 4.78 is 5.07. The van der Waals surface area contributed by atoms with E-state index in [4.69, 9.17) is 16.3 Å². The van der Waals surface area contributed by atoms with E-state index in [0.717, 1.165) is 25.8 Å². The van der Waals surface area contributed by atoms with Gasteiger partial charge in [0.1, 0.15) is 17.4 Å².